The van der Waals surface area contributed by atoms with Crippen molar-refractivity contribution in [2.75, 3.05) is 51.2 Å². The summed E-state index contributed by atoms with van der Waals surface area (Å²) in [4.78, 5) is 4.65. The molecule has 17 heavy (non-hydrogen) atoms. The summed E-state index contributed by atoms with van der Waals surface area (Å²) in [6, 6.07) is 2.07. The van der Waals surface area contributed by atoms with Crippen molar-refractivity contribution in [1.82, 2.24) is 20.4 Å². The number of aryl methyl sites for hydroxylation is 1. The number of aromatic nitrogens is 2. The summed E-state index contributed by atoms with van der Waals surface area (Å²) < 4.78 is 0. The minimum atomic E-state index is 0.958. The summed E-state index contributed by atoms with van der Waals surface area (Å²) in [6.07, 6.45) is 1.79. The first kappa shape index (κ1) is 12.3. The van der Waals surface area contributed by atoms with Gasteiger partial charge in [0, 0.05) is 46.3 Å². The number of nitrogens with zero attached hydrogens (tertiary/aromatic N) is 4. The first-order valence-electron chi connectivity index (χ1n) is 6.19. The molecule has 0 amide bonds. The zero-order chi connectivity index (χ0) is 12.1. The minimum absolute atomic E-state index is 0.958. The van der Waals surface area contributed by atoms with Gasteiger partial charge in [-0.2, -0.15) is 5.10 Å². The summed E-state index contributed by atoms with van der Waals surface area (Å²) >= 11 is 0. The van der Waals surface area contributed by atoms with Crippen LogP contribution in [0.3, 0.4) is 0 Å². The molecule has 0 aliphatic carbocycles. The molecule has 0 bridgehead atoms. The Bertz CT molecular complexity index is 349. The van der Waals surface area contributed by atoms with Gasteiger partial charge in [0.2, 0.25) is 0 Å². The monoisotopic (exact) mass is 235 g/mol. The van der Waals surface area contributed by atoms with Crippen LogP contribution in [-0.2, 0) is 0 Å². The molecule has 0 aromatic carbocycles. The largest absolute Gasteiger partial charge is 0.357 e. The number of nitrogens with one attached hydrogen (secondary N) is 1. The van der Waals surface area contributed by atoms with Crippen molar-refractivity contribution in [3.8, 4) is 0 Å². The summed E-state index contributed by atoms with van der Waals surface area (Å²) in [5.74, 6) is 0.958. The standard InChI is InChI=1S/C12H21N5/c1-11-9-12(15-14-10-11)16(2)7-8-17-5-3-13-4-6-17/h9-10,13H,3-8H2,1-2H3. The average molecular weight is 235 g/mol. The van der Waals surface area contributed by atoms with Crippen molar-refractivity contribution in [3.63, 3.8) is 0 Å². The van der Waals surface area contributed by atoms with Crippen molar-refractivity contribution in [2.24, 2.45) is 0 Å². The maximum Gasteiger partial charge on any atom is 0.151 e. The third kappa shape index (κ3) is 3.64. The van der Waals surface area contributed by atoms with Crippen molar-refractivity contribution in [3.05, 3.63) is 17.8 Å². The fourth-order valence-electron chi connectivity index (χ4n) is 1.98. The lowest BCUT2D eigenvalue weighted by Crippen LogP contribution is -2.46. The Labute approximate surface area is 103 Å². The Hall–Kier alpha value is -1.20. The molecule has 1 aromatic heterocycles. The van der Waals surface area contributed by atoms with E-state index in [1.165, 1.54) is 0 Å². The van der Waals surface area contributed by atoms with E-state index in [0.29, 0.717) is 0 Å². The molecule has 1 aliphatic heterocycles. The topological polar surface area (TPSA) is 44.3 Å². The Morgan fingerprint density at radius 2 is 2.18 bits per heavy atom. The molecule has 94 valence electrons. The highest BCUT2D eigenvalue weighted by atomic mass is 15.3. The molecule has 0 unspecified atom stereocenters. The van der Waals surface area contributed by atoms with Gasteiger partial charge in [-0.3, -0.25) is 4.90 Å². The van der Waals surface area contributed by atoms with E-state index in [9.17, 15) is 0 Å². The normalized spacial score (nSPS) is 17.1. The van der Waals surface area contributed by atoms with Gasteiger partial charge < -0.3 is 10.2 Å². The summed E-state index contributed by atoms with van der Waals surface area (Å²) in [6.45, 7) is 8.64. The summed E-state index contributed by atoms with van der Waals surface area (Å²) in [5, 5.41) is 11.5. The SMILES string of the molecule is Cc1cnnc(N(C)CCN2CCNCC2)c1. The van der Waals surface area contributed by atoms with E-state index >= 15 is 0 Å². The smallest absolute Gasteiger partial charge is 0.151 e. The van der Waals surface area contributed by atoms with Crippen LogP contribution in [-0.4, -0.2) is 61.4 Å². The second-order valence-corrected chi connectivity index (χ2v) is 4.60. The molecule has 5 heteroatoms. The highest BCUT2D eigenvalue weighted by Gasteiger charge is 2.10. The predicted molar refractivity (Wildman–Crippen MR) is 69.3 cm³/mol. The Morgan fingerprint density at radius 3 is 2.88 bits per heavy atom. The van der Waals surface area contributed by atoms with Crippen LogP contribution in [0, 0.1) is 6.92 Å². The molecule has 2 heterocycles. The quantitative estimate of drug-likeness (QED) is 0.803. The lowest BCUT2D eigenvalue weighted by molar-refractivity contribution is 0.246. The summed E-state index contributed by atoms with van der Waals surface area (Å²) in [5.41, 5.74) is 1.16. The molecule has 0 saturated carbocycles. The van der Waals surface area contributed by atoms with Gasteiger partial charge in [-0.25, -0.2) is 0 Å². The molecule has 0 radical (unpaired) electrons. The van der Waals surface area contributed by atoms with Gasteiger partial charge >= 0.3 is 0 Å². The highest BCUT2D eigenvalue weighted by Crippen LogP contribution is 2.08. The number of likely N-dealkylation sites (N-methyl/N-ethyl adjacent to an activating group) is 1. The van der Waals surface area contributed by atoms with Gasteiger partial charge in [-0.05, 0) is 18.6 Å². The first-order chi connectivity index (χ1) is 8.25. The minimum Gasteiger partial charge on any atom is -0.357 e. The second kappa shape index (κ2) is 5.93. The Morgan fingerprint density at radius 1 is 1.41 bits per heavy atom. The average Bonchev–Trinajstić information content (AvgIpc) is 2.37. The van der Waals surface area contributed by atoms with Crippen LogP contribution in [0.25, 0.3) is 0 Å². The van der Waals surface area contributed by atoms with E-state index < -0.39 is 0 Å². The first-order valence-corrected chi connectivity index (χ1v) is 6.19. The third-order valence-corrected chi connectivity index (χ3v) is 3.13. The van der Waals surface area contributed by atoms with Crippen LogP contribution in [0.4, 0.5) is 5.82 Å². The number of hydrogen-bond donors (Lipinski definition) is 1. The molecule has 2 rings (SSSR count). The van der Waals surface area contributed by atoms with Gasteiger partial charge in [-0.1, -0.05) is 0 Å². The van der Waals surface area contributed by atoms with Gasteiger partial charge in [0.15, 0.2) is 5.82 Å². The zero-order valence-corrected chi connectivity index (χ0v) is 10.7. The zero-order valence-electron chi connectivity index (χ0n) is 10.7. The summed E-state index contributed by atoms with van der Waals surface area (Å²) in [7, 11) is 2.08. The van der Waals surface area contributed by atoms with Crippen LogP contribution in [0.1, 0.15) is 5.56 Å². The highest BCUT2D eigenvalue weighted by molar-refractivity contribution is 5.37. The fraction of sp³-hybridized carbons (Fsp3) is 0.667. The van der Waals surface area contributed by atoms with Gasteiger partial charge in [-0.15, -0.1) is 5.10 Å². The molecule has 1 saturated heterocycles. The van der Waals surface area contributed by atoms with Gasteiger partial charge in [0.25, 0.3) is 0 Å². The number of rotatable bonds is 4. The van der Waals surface area contributed by atoms with Crippen molar-refractivity contribution in [2.45, 2.75) is 6.92 Å². The van der Waals surface area contributed by atoms with Crippen LogP contribution in [0.2, 0.25) is 0 Å². The maximum absolute atomic E-state index is 4.15. The molecule has 0 spiro atoms. The molecule has 0 atom stereocenters. The van der Waals surface area contributed by atoms with Crippen LogP contribution in [0.5, 0.6) is 0 Å². The molecule has 5 nitrogen and oxygen atoms in total. The van der Waals surface area contributed by atoms with E-state index in [-0.39, 0.29) is 0 Å². The predicted octanol–water partition coefficient (Wildman–Crippen LogP) is 0.126. The lowest BCUT2D eigenvalue weighted by Gasteiger charge is -2.29. The Balaban J connectivity index is 1.82. The van der Waals surface area contributed by atoms with Gasteiger partial charge in [0.1, 0.15) is 0 Å². The van der Waals surface area contributed by atoms with Crippen molar-refractivity contribution < 1.29 is 0 Å². The van der Waals surface area contributed by atoms with Crippen LogP contribution >= 0.6 is 0 Å². The van der Waals surface area contributed by atoms with Crippen molar-refractivity contribution in [1.29, 1.82) is 0 Å². The molecule has 1 N–H and O–H groups in total. The van der Waals surface area contributed by atoms with E-state index in [1.807, 2.05) is 6.92 Å². The number of piperazine rings is 1. The second-order valence-electron chi connectivity index (χ2n) is 4.60. The molecular formula is C12H21N5. The van der Waals surface area contributed by atoms with Crippen molar-refractivity contribution >= 4 is 5.82 Å². The number of anilines is 1. The van der Waals surface area contributed by atoms with Crippen LogP contribution in [0.15, 0.2) is 12.3 Å². The third-order valence-electron chi connectivity index (χ3n) is 3.13. The molecule has 1 aliphatic rings. The van der Waals surface area contributed by atoms with Gasteiger partial charge in [0.05, 0.1) is 6.20 Å². The van der Waals surface area contributed by atoms with Crippen LogP contribution < -0.4 is 10.2 Å². The van der Waals surface area contributed by atoms with E-state index in [4.69, 9.17) is 0 Å². The fourth-order valence-corrected chi connectivity index (χ4v) is 1.98. The molecule has 1 fully saturated rings. The van der Waals surface area contributed by atoms with E-state index in [1.54, 1.807) is 6.20 Å². The number of hydrogen-bond acceptors (Lipinski definition) is 5. The Kier molecular flexibility index (Phi) is 4.28. The van der Waals surface area contributed by atoms with E-state index in [0.717, 1.165) is 50.6 Å². The van der Waals surface area contributed by atoms with E-state index in [2.05, 4.69) is 38.4 Å². The lowest BCUT2D eigenvalue weighted by atomic mass is 10.3. The maximum atomic E-state index is 4.15. The molecule has 1 aromatic rings. The molecular weight excluding hydrogens is 214 g/mol.